The van der Waals surface area contributed by atoms with Crippen LogP contribution in [0.3, 0.4) is 0 Å². The summed E-state index contributed by atoms with van der Waals surface area (Å²) in [5, 5.41) is 0. The van der Waals surface area contributed by atoms with Crippen molar-refractivity contribution in [3.05, 3.63) is 0 Å². The molecule has 0 heterocycles. The maximum Gasteiger partial charge on any atom is 1.00 e. The van der Waals surface area contributed by atoms with Crippen molar-refractivity contribution in [1.29, 1.82) is 0 Å². The predicted molar refractivity (Wildman–Crippen MR) is 23.6 cm³/mol. The Morgan fingerprint density at radius 2 is 2.00 bits per heavy atom. The molecule has 0 rings (SSSR count). The topological polar surface area (TPSA) is 26.0 Å². The molecule has 0 aromatic carbocycles. The summed E-state index contributed by atoms with van der Waals surface area (Å²) in [6, 6.07) is 0. The summed E-state index contributed by atoms with van der Waals surface area (Å²) in [4.78, 5) is 0.500. The second kappa shape index (κ2) is 4.89. The van der Waals surface area contributed by atoms with Crippen LogP contribution in [0.4, 0.5) is 0 Å². The molecule has 0 amide bonds. The molecule has 0 atom stereocenters. The van der Waals surface area contributed by atoms with Gasteiger partial charge in [0.1, 0.15) is 0 Å². The summed E-state index contributed by atoms with van der Waals surface area (Å²) in [6.45, 7) is 1.68. The molecule has 0 aliphatic carbocycles. The summed E-state index contributed by atoms with van der Waals surface area (Å²) >= 11 is 4.31. The minimum Gasteiger partial charge on any atom is -1.00 e. The molecular formula is C2H6NNaS. The van der Waals surface area contributed by atoms with Crippen LogP contribution in [0.15, 0.2) is 0 Å². The van der Waals surface area contributed by atoms with Crippen molar-refractivity contribution in [2.45, 2.75) is 6.92 Å². The zero-order chi connectivity index (χ0) is 3.58. The normalized spacial score (nSPS) is 5.00. The van der Waals surface area contributed by atoms with Crippen LogP contribution in [0.2, 0.25) is 0 Å². The summed E-state index contributed by atoms with van der Waals surface area (Å²) in [5.74, 6) is 0. The third-order valence-corrected chi connectivity index (χ3v) is 0. The molecule has 1 nitrogen and oxygen atoms in total. The Morgan fingerprint density at radius 3 is 2.00 bits per heavy atom. The average molecular weight is 99.1 g/mol. The average Bonchev–Trinajstić information content (AvgIpc) is 0.811. The molecule has 0 aliphatic rings. The van der Waals surface area contributed by atoms with Gasteiger partial charge < -0.3 is 7.16 Å². The third-order valence-electron chi connectivity index (χ3n) is 0. The maximum absolute atomic E-state index is 4.84. The van der Waals surface area contributed by atoms with Gasteiger partial charge in [-0.1, -0.05) is 12.2 Å². The summed E-state index contributed by atoms with van der Waals surface area (Å²) in [5.41, 5.74) is 4.84. The third kappa shape index (κ3) is 51.6. The molecule has 0 spiro atoms. The first-order valence-electron chi connectivity index (χ1n) is 0.993. The summed E-state index contributed by atoms with van der Waals surface area (Å²) in [6.07, 6.45) is 0. The Kier molecular flexibility index (Phi) is 9.10. The monoisotopic (exact) mass is 99.0 g/mol. The van der Waals surface area contributed by atoms with Gasteiger partial charge >= 0.3 is 29.6 Å². The number of thiocarbonyl (C=S) groups is 1. The van der Waals surface area contributed by atoms with Gasteiger partial charge in [0.25, 0.3) is 0 Å². The molecule has 0 aromatic rings. The smallest absolute Gasteiger partial charge is 1.00 e. The SMILES string of the molecule is CC(N)=S.[H-].[Na+]. The van der Waals surface area contributed by atoms with E-state index in [1.165, 1.54) is 0 Å². The largest absolute Gasteiger partial charge is 1.00 e. The number of hydrogen-bond acceptors (Lipinski definition) is 1. The van der Waals surface area contributed by atoms with Crippen molar-refractivity contribution >= 4 is 17.2 Å². The van der Waals surface area contributed by atoms with Crippen LogP contribution in [0, 0.1) is 0 Å². The van der Waals surface area contributed by atoms with Gasteiger partial charge in [0.2, 0.25) is 0 Å². The zero-order valence-electron chi connectivity index (χ0n) is 4.49. The van der Waals surface area contributed by atoms with Crippen LogP contribution in [-0.4, -0.2) is 4.99 Å². The number of rotatable bonds is 0. The molecule has 5 heavy (non-hydrogen) atoms. The van der Waals surface area contributed by atoms with Gasteiger partial charge in [-0.25, -0.2) is 0 Å². The molecule has 0 aromatic heterocycles. The van der Waals surface area contributed by atoms with Crippen molar-refractivity contribution in [2.24, 2.45) is 5.73 Å². The standard InChI is InChI=1S/C2H5NS.Na.H/c1-2(3)4;;/h1H3,(H2,3,4);;/q;+1;-1. The van der Waals surface area contributed by atoms with E-state index in [-0.39, 0.29) is 31.0 Å². The molecule has 0 bridgehead atoms. The first-order chi connectivity index (χ1) is 1.73. The van der Waals surface area contributed by atoms with Crippen molar-refractivity contribution in [3.63, 3.8) is 0 Å². The molecule has 0 radical (unpaired) electrons. The Morgan fingerprint density at radius 1 is 2.00 bits per heavy atom. The number of hydrogen-bond donors (Lipinski definition) is 1. The van der Waals surface area contributed by atoms with E-state index in [1.54, 1.807) is 6.92 Å². The van der Waals surface area contributed by atoms with Gasteiger partial charge in [0, 0.05) is 0 Å². The second-order valence-corrected chi connectivity index (χ2v) is 1.25. The van der Waals surface area contributed by atoms with Crippen LogP contribution >= 0.6 is 12.2 Å². The fourth-order valence-corrected chi connectivity index (χ4v) is 0. The Bertz CT molecular complexity index is 36.5. The van der Waals surface area contributed by atoms with E-state index in [0.29, 0.717) is 4.99 Å². The molecule has 0 unspecified atom stereocenters. The van der Waals surface area contributed by atoms with E-state index in [0.717, 1.165) is 0 Å². The summed E-state index contributed by atoms with van der Waals surface area (Å²) in [7, 11) is 0. The maximum atomic E-state index is 4.84. The Hall–Kier alpha value is 0.890. The van der Waals surface area contributed by atoms with Crippen molar-refractivity contribution in [1.82, 2.24) is 0 Å². The van der Waals surface area contributed by atoms with Crippen LogP contribution in [-0.2, 0) is 0 Å². The number of nitrogens with two attached hydrogens (primary N) is 1. The van der Waals surface area contributed by atoms with E-state index in [4.69, 9.17) is 5.73 Å². The molecule has 26 valence electrons. The van der Waals surface area contributed by atoms with Gasteiger partial charge in [-0.15, -0.1) is 0 Å². The summed E-state index contributed by atoms with van der Waals surface area (Å²) < 4.78 is 0. The van der Waals surface area contributed by atoms with Crippen LogP contribution in [0.1, 0.15) is 8.35 Å². The minimum atomic E-state index is 0. The Balaban J connectivity index is -0.0000000450. The zero-order valence-corrected chi connectivity index (χ0v) is 6.30. The van der Waals surface area contributed by atoms with E-state index in [2.05, 4.69) is 12.2 Å². The quantitative estimate of drug-likeness (QED) is 0.266. The van der Waals surface area contributed by atoms with E-state index in [9.17, 15) is 0 Å². The molecule has 2 N–H and O–H groups in total. The van der Waals surface area contributed by atoms with E-state index >= 15 is 0 Å². The fraction of sp³-hybridized carbons (Fsp3) is 0.500. The molecule has 3 heteroatoms. The molecule has 0 aliphatic heterocycles. The van der Waals surface area contributed by atoms with Gasteiger partial charge in [-0.3, -0.25) is 0 Å². The Labute approximate surface area is 60.7 Å². The van der Waals surface area contributed by atoms with Gasteiger partial charge in [0.05, 0.1) is 4.99 Å². The van der Waals surface area contributed by atoms with Gasteiger partial charge in [-0.05, 0) is 6.92 Å². The van der Waals surface area contributed by atoms with Gasteiger partial charge in [0.15, 0.2) is 0 Å². The fourth-order valence-electron chi connectivity index (χ4n) is 0. The van der Waals surface area contributed by atoms with Crippen LogP contribution in [0.25, 0.3) is 0 Å². The van der Waals surface area contributed by atoms with E-state index in [1.807, 2.05) is 0 Å². The first-order valence-corrected chi connectivity index (χ1v) is 1.40. The second-order valence-electron chi connectivity index (χ2n) is 0.611. The molecule has 0 saturated carbocycles. The molecule has 0 saturated heterocycles. The predicted octanol–water partition coefficient (Wildman–Crippen LogP) is -2.59. The minimum absolute atomic E-state index is 0. The van der Waals surface area contributed by atoms with Crippen molar-refractivity contribution in [2.75, 3.05) is 0 Å². The van der Waals surface area contributed by atoms with Crippen molar-refractivity contribution < 1.29 is 31.0 Å². The van der Waals surface area contributed by atoms with Gasteiger partial charge in [-0.2, -0.15) is 0 Å². The van der Waals surface area contributed by atoms with Crippen LogP contribution < -0.4 is 35.3 Å². The van der Waals surface area contributed by atoms with Crippen molar-refractivity contribution in [3.8, 4) is 0 Å². The van der Waals surface area contributed by atoms with Crippen LogP contribution in [0.5, 0.6) is 0 Å². The first kappa shape index (κ1) is 9.31. The molecule has 0 fully saturated rings. The van der Waals surface area contributed by atoms with E-state index < -0.39 is 0 Å². The molecular weight excluding hydrogens is 93.1 g/mol.